The monoisotopic (exact) mass is 426 g/mol. The fraction of sp³-hybridized carbons (Fsp3) is 0.217. The van der Waals surface area contributed by atoms with Gasteiger partial charge in [-0.25, -0.2) is 4.79 Å². The predicted molar refractivity (Wildman–Crippen MR) is 105 cm³/mol. The number of carbonyl (C=O) groups excluding carboxylic acids is 1. The molecule has 2 heterocycles. The summed E-state index contributed by atoms with van der Waals surface area (Å²) < 4.78 is 46.6. The molecule has 0 atom stereocenters. The van der Waals surface area contributed by atoms with Crippen LogP contribution in [0.3, 0.4) is 0 Å². The Balaban J connectivity index is 1.42. The van der Waals surface area contributed by atoms with E-state index in [0.717, 1.165) is 35.2 Å². The Kier molecular flexibility index (Phi) is 4.39. The molecule has 0 unspecified atom stereocenters. The predicted octanol–water partition coefficient (Wildman–Crippen LogP) is 5.65. The zero-order valence-electron chi connectivity index (χ0n) is 16.2. The summed E-state index contributed by atoms with van der Waals surface area (Å²) in [4.78, 5) is 18.8. The van der Waals surface area contributed by atoms with E-state index in [9.17, 15) is 18.0 Å². The lowest BCUT2D eigenvalue weighted by Crippen LogP contribution is -2.44. The van der Waals surface area contributed by atoms with Gasteiger partial charge in [-0.15, -0.1) is 13.2 Å². The number of pyridine rings is 1. The van der Waals surface area contributed by atoms with E-state index in [0.29, 0.717) is 12.3 Å². The molecule has 1 fully saturated rings. The number of nitrogens with zero attached hydrogens (tertiary/aromatic N) is 2. The Morgan fingerprint density at radius 1 is 1.00 bits per heavy atom. The SMILES string of the molecule is O=C1Oc2ccc(-c3ccc(OC(F)(F)F)cc3)cc2CN1C1(c2ccccn2)CC1. The Bertz CT molecular complexity index is 1130. The van der Waals surface area contributed by atoms with E-state index in [1.54, 1.807) is 35.4 Å². The fourth-order valence-electron chi connectivity index (χ4n) is 3.96. The Morgan fingerprint density at radius 2 is 1.74 bits per heavy atom. The summed E-state index contributed by atoms with van der Waals surface area (Å²) in [5, 5.41) is 0. The van der Waals surface area contributed by atoms with E-state index in [1.807, 2.05) is 24.3 Å². The van der Waals surface area contributed by atoms with Gasteiger partial charge in [-0.2, -0.15) is 0 Å². The molecule has 2 aromatic carbocycles. The summed E-state index contributed by atoms with van der Waals surface area (Å²) >= 11 is 0. The summed E-state index contributed by atoms with van der Waals surface area (Å²) in [5.74, 6) is 0.208. The molecule has 3 aromatic rings. The third-order valence-electron chi connectivity index (χ3n) is 5.61. The van der Waals surface area contributed by atoms with Crippen LogP contribution in [0.4, 0.5) is 18.0 Å². The number of carbonyl (C=O) groups is 1. The molecule has 1 amide bonds. The van der Waals surface area contributed by atoms with Gasteiger partial charge in [0.2, 0.25) is 0 Å². The highest BCUT2D eigenvalue weighted by Gasteiger charge is 2.54. The van der Waals surface area contributed by atoms with Crippen LogP contribution in [-0.2, 0) is 12.1 Å². The highest BCUT2D eigenvalue weighted by atomic mass is 19.4. The summed E-state index contributed by atoms with van der Waals surface area (Å²) in [7, 11) is 0. The number of benzene rings is 2. The van der Waals surface area contributed by atoms with Crippen molar-refractivity contribution in [2.75, 3.05) is 0 Å². The number of rotatable bonds is 4. The van der Waals surface area contributed by atoms with Gasteiger partial charge in [0.05, 0.1) is 17.8 Å². The average molecular weight is 426 g/mol. The van der Waals surface area contributed by atoms with Gasteiger partial charge < -0.3 is 9.47 Å². The van der Waals surface area contributed by atoms with Crippen molar-refractivity contribution < 1.29 is 27.4 Å². The summed E-state index contributed by atoms with van der Waals surface area (Å²) in [6.45, 7) is 0.369. The van der Waals surface area contributed by atoms with Gasteiger partial charge in [0, 0.05) is 11.8 Å². The third kappa shape index (κ3) is 3.69. The van der Waals surface area contributed by atoms with Gasteiger partial charge in [0.15, 0.2) is 0 Å². The second-order valence-corrected chi connectivity index (χ2v) is 7.60. The molecular formula is C23H17F3N2O3. The van der Waals surface area contributed by atoms with Crippen molar-refractivity contribution in [3.05, 3.63) is 78.1 Å². The minimum atomic E-state index is -4.73. The van der Waals surface area contributed by atoms with Gasteiger partial charge in [-0.05, 0) is 60.4 Å². The molecule has 5 rings (SSSR count). The lowest BCUT2D eigenvalue weighted by atomic mass is 10.0. The van der Waals surface area contributed by atoms with Crippen molar-refractivity contribution in [2.45, 2.75) is 31.3 Å². The molecule has 0 N–H and O–H groups in total. The van der Waals surface area contributed by atoms with Crippen molar-refractivity contribution in [3.63, 3.8) is 0 Å². The van der Waals surface area contributed by atoms with E-state index in [-0.39, 0.29) is 5.75 Å². The Morgan fingerprint density at radius 3 is 2.39 bits per heavy atom. The maximum Gasteiger partial charge on any atom is 0.573 e. The average Bonchev–Trinajstić information content (AvgIpc) is 3.55. The summed E-state index contributed by atoms with van der Waals surface area (Å²) in [5.41, 5.74) is 2.74. The number of halogens is 3. The first-order valence-corrected chi connectivity index (χ1v) is 9.74. The third-order valence-corrected chi connectivity index (χ3v) is 5.61. The van der Waals surface area contributed by atoms with Crippen molar-refractivity contribution in [3.8, 4) is 22.6 Å². The number of alkyl halides is 3. The van der Waals surface area contributed by atoms with Crippen LogP contribution in [0.15, 0.2) is 66.9 Å². The molecule has 158 valence electrons. The number of fused-ring (bicyclic) bond motifs is 1. The molecule has 0 radical (unpaired) electrons. The first kappa shape index (κ1) is 19.4. The summed E-state index contributed by atoms with van der Waals surface area (Å²) in [6, 6.07) is 16.7. The topological polar surface area (TPSA) is 51.7 Å². The van der Waals surface area contributed by atoms with Crippen molar-refractivity contribution in [1.29, 1.82) is 0 Å². The minimum absolute atomic E-state index is 0.277. The number of ether oxygens (including phenoxy) is 2. The maximum atomic E-state index is 12.7. The number of hydrogen-bond donors (Lipinski definition) is 0. The molecule has 1 saturated carbocycles. The number of aromatic nitrogens is 1. The van der Waals surface area contributed by atoms with E-state index in [4.69, 9.17) is 4.74 Å². The first-order valence-electron chi connectivity index (χ1n) is 9.74. The van der Waals surface area contributed by atoms with Gasteiger partial charge in [0.25, 0.3) is 0 Å². The van der Waals surface area contributed by atoms with Crippen LogP contribution in [0.2, 0.25) is 0 Å². The van der Waals surface area contributed by atoms with Crippen LogP contribution in [0.1, 0.15) is 24.1 Å². The van der Waals surface area contributed by atoms with Crippen LogP contribution < -0.4 is 9.47 Å². The smallest absolute Gasteiger partial charge is 0.410 e. The van der Waals surface area contributed by atoms with Gasteiger partial charge in [-0.1, -0.05) is 24.3 Å². The molecule has 31 heavy (non-hydrogen) atoms. The van der Waals surface area contributed by atoms with E-state index < -0.39 is 18.0 Å². The minimum Gasteiger partial charge on any atom is -0.410 e. The van der Waals surface area contributed by atoms with Crippen LogP contribution in [0.5, 0.6) is 11.5 Å². The van der Waals surface area contributed by atoms with Crippen molar-refractivity contribution in [2.24, 2.45) is 0 Å². The highest BCUT2D eigenvalue weighted by molar-refractivity contribution is 5.76. The zero-order chi connectivity index (χ0) is 21.6. The largest absolute Gasteiger partial charge is 0.573 e. The van der Waals surface area contributed by atoms with E-state index in [2.05, 4.69) is 9.72 Å². The lowest BCUT2D eigenvalue weighted by Gasteiger charge is -2.34. The molecule has 1 aliphatic heterocycles. The second kappa shape index (κ2) is 7.01. The Hall–Kier alpha value is -3.55. The van der Waals surface area contributed by atoms with Crippen LogP contribution in [0.25, 0.3) is 11.1 Å². The van der Waals surface area contributed by atoms with Gasteiger partial charge in [0.1, 0.15) is 11.5 Å². The van der Waals surface area contributed by atoms with Gasteiger partial charge >= 0.3 is 12.5 Å². The highest BCUT2D eigenvalue weighted by Crippen LogP contribution is 2.52. The van der Waals surface area contributed by atoms with Crippen LogP contribution in [-0.4, -0.2) is 22.3 Å². The zero-order valence-corrected chi connectivity index (χ0v) is 16.2. The first-order chi connectivity index (χ1) is 14.8. The molecule has 1 aromatic heterocycles. The lowest BCUT2D eigenvalue weighted by molar-refractivity contribution is -0.274. The molecule has 5 nitrogen and oxygen atoms in total. The number of hydrogen-bond acceptors (Lipinski definition) is 4. The van der Waals surface area contributed by atoms with E-state index in [1.165, 1.54) is 12.1 Å². The fourth-order valence-corrected chi connectivity index (χ4v) is 3.96. The normalized spacial score (nSPS) is 17.0. The molecule has 0 saturated heterocycles. The standard InChI is InChI=1S/C23H17F3N2O3/c24-23(25,26)31-18-7-4-15(5-8-18)16-6-9-19-17(13-16)14-28(21(29)30-19)22(10-11-22)20-3-1-2-12-27-20/h1-9,12-13H,10-11,14H2. The van der Waals surface area contributed by atoms with Crippen molar-refractivity contribution in [1.82, 2.24) is 9.88 Å². The van der Waals surface area contributed by atoms with Crippen LogP contribution >= 0.6 is 0 Å². The molecular weight excluding hydrogens is 409 g/mol. The maximum absolute atomic E-state index is 12.7. The molecule has 0 spiro atoms. The van der Waals surface area contributed by atoms with Gasteiger partial charge in [-0.3, -0.25) is 9.88 Å². The molecule has 1 aliphatic carbocycles. The van der Waals surface area contributed by atoms with E-state index >= 15 is 0 Å². The second-order valence-electron chi connectivity index (χ2n) is 7.60. The molecule has 0 bridgehead atoms. The van der Waals surface area contributed by atoms with Crippen LogP contribution in [0, 0.1) is 0 Å². The quantitative estimate of drug-likeness (QED) is 0.541. The summed E-state index contributed by atoms with van der Waals surface area (Å²) in [6.07, 6.45) is -1.79. The molecule has 8 heteroatoms. The van der Waals surface area contributed by atoms with Crippen molar-refractivity contribution >= 4 is 6.09 Å². The molecule has 2 aliphatic rings. The number of amides is 1. The Labute approximate surface area is 176 Å².